The molecule has 0 saturated heterocycles. The summed E-state index contributed by atoms with van der Waals surface area (Å²) in [4.78, 5) is 13.8. The van der Waals surface area contributed by atoms with Crippen molar-refractivity contribution in [3.05, 3.63) is 39.9 Å². The van der Waals surface area contributed by atoms with Crippen molar-refractivity contribution < 1.29 is 4.79 Å². The number of halogens is 1. The normalized spacial score (nSPS) is 12.2. The lowest BCUT2D eigenvalue weighted by Gasteiger charge is -2.24. The van der Waals surface area contributed by atoms with Gasteiger partial charge in [-0.15, -0.1) is 10.2 Å². The molecule has 0 spiro atoms. The summed E-state index contributed by atoms with van der Waals surface area (Å²) in [6.45, 7) is 1.94. The van der Waals surface area contributed by atoms with E-state index >= 15 is 0 Å². The van der Waals surface area contributed by atoms with Gasteiger partial charge < -0.3 is 10.6 Å². The first-order valence-electron chi connectivity index (χ1n) is 5.60. The summed E-state index contributed by atoms with van der Waals surface area (Å²) in [6.07, 6.45) is 0. The van der Waals surface area contributed by atoms with Gasteiger partial charge in [0.05, 0.1) is 6.04 Å². The van der Waals surface area contributed by atoms with Gasteiger partial charge >= 0.3 is 0 Å². The minimum atomic E-state index is -0.198. The number of nitrogen functional groups attached to an aromatic ring is 1. The first-order chi connectivity index (χ1) is 8.99. The van der Waals surface area contributed by atoms with Crippen LogP contribution in [0.15, 0.2) is 24.3 Å². The largest absolute Gasteiger partial charge is 0.374 e. The third-order valence-corrected chi connectivity index (χ3v) is 3.87. The highest BCUT2D eigenvalue weighted by Crippen LogP contribution is 2.23. The lowest BCUT2D eigenvalue weighted by Crippen LogP contribution is -2.29. The van der Waals surface area contributed by atoms with Crippen LogP contribution in [0.3, 0.4) is 0 Å². The minimum absolute atomic E-state index is 0.0881. The number of benzene rings is 1. The van der Waals surface area contributed by atoms with Gasteiger partial charge in [-0.3, -0.25) is 4.79 Å². The van der Waals surface area contributed by atoms with E-state index in [2.05, 4.69) is 10.2 Å². The lowest BCUT2D eigenvalue weighted by atomic mass is 10.1. The summed E-state index contributed by atoms with van der Waals surface area (Å²) in [5, 5.41) is 8.65. The standard InChI is InChI=1S/C12H13ClN4OS/c1-7(8-3-5-9(13)6-4-8)17(2)11(18)10-15-16-12(14)19-10/h3-7H,1-2H3,(H2,14,16). The van der Waals surface area contributed by atoms with Crippen LogP contribution >= 0.6 is 22.9 Å². The molecule has 0 saturated carbocycles. The zero-order valence-electron chi connectivity index (χ0n) is 10.5. The maximum Gasteiger partial charge on any atom is 0.285 e. The maximum absolute atomic E-state index is 12.2. The molecule has 5 nitrogen and oxygen atoms in total. The van der Waals surface area contributed by atoms with E-state index < -0.39 is 0 Å². The summed E-state index contributed by atoms with van der Waals surface area (Å²) in [7, 11) is 1.72. The van der Waals surface area contributed by atoms with E-state index in [0.717, 1.165) is 16.9 Å². The number of carbonyl (C=O) groups is 1. The van der Waals surface area contributed by atoms with E-state index in [1.165, 1.54) is 0 Å². The number of carbonyl (C=O) groups excluding carboxylic acids is 1. The summed E-state index contributed by atoms with van der Waals surface area (Å²) < 4.78 is 0. The van der Waals surface area contributed by atoms with E-state index in [4.69, 9.17) is 17.3 Å². The molecule has 1 unspecified atom stereocenters. The Labute approximate surface area is 120 Å². The fourth-order valence-electron chi connectivity index (χ4n) is 1.61. The number of rotatable bonds is 3. The predicted molar refractivity (Wildman–Crippen MR) is 76.3 cm³/mol. The second kappa shape index (κ2) is 5.54. The highest BCUT2D eigenvalue weighted by molar-refractivity contribution is 7.16. The van der Waals surface area contributed by atoms with Gasteiger partial charge in [-0.25, -0.2) is 0 Å². The number of hydrogen-bond donors (Lipinski definition) is 1. The molecule has 7 heteroatoms. The van der Waals surface area contributed by atoms with E-state index in [-0.39, 0.29) is 17.1 Å². The molecule has 0 aliphatic carbocycles. The third kappa shape index (κ3) is 3.02. The minimum Gasteiger partial charge on any atom is -0.374 e. The molecular weight excluding hydrogens is 284 g/mol. The van der Waals surface area contributed by atoms with Gasteiger partial charge in [0.25, 0.3) is 5.91 Å². The molecule has 1 aromatic carbocycles. The van der Waals surface area contributed by atoms with Gasteiger partial charge in [0.2, 0.25) is 10.1 Å². The maximum atomic E-state index is 12.2. The van der Waals surface area contributed by atoms with Gasteiger partial charge in [-0.2, -0.15) is 0 Å². The van der Waals surface area contributed by atoms with Crippen molar-refractivity contribution in [2.24, 2.45) is 0 Å². The van der Waals surface area contributed by atoms with Gasteiger partial charge in [-0.05, 0) is 24.6 Å². The molecule has 0 bridgehead atoms. The zero-order valence-corrected chi connectivity index (χ0v) is 12.1. The van der Waals surface area contributed by atoms with Gasteiger partial charge in [0.1, 0.15) is 0 Å². The van der Waals surface area contributed by atoms with Crippen LogP contribution in [0.5, 0.6) is 0 Å². The molecule has 2 aromatic rings. The van der Waals surface area contributed by atoms with Crippen molar-refractivity contribution in [1.29, 1.82) is 0 Å². The molecule has 1 atom stereocenters. The van der Waals surface area contributed by atoms with Crippen LogP contribution in [0.1, 0.15) is 28.3 Å². The molecule has 100 valence electrons. The molecule has 2 N–H and O–H groups in total. The van der Waals surface area contributed by atoms with Crippen LogP contribution in [-0.4, -0.2) is 28.1 Å². The quantitative estimate of drug-likeness (QED) is 0.945. The Bertz CT molecular complexity index is 584. The molecule has 0 aliphatic heterocycles. The molecule has 2 rings (SSSR count). The molecule has 19 heavy (non-hydrogen) atoms. The van der Waals surface area contributed by atoms with Crippen molar-refractivity contribution in [3.63, 3.8) is 0 Å². The number of aromatic nitrogens is 2. The smallest absolute Gasteiger partial charge is 0.285 e. The van der Waals surface area contributed by atoms with Crippen LogP contribution < -0.4 is 5.73 Å². The lowest BCUT2D eigenvalue weighted by molar-refractivity contribution is 0.0741. The predicted octanol–water partition coefficient (Wildman–Crippen LogP) is 2.61. The van der Waals surface area contributed by atoms with Crippen molar-refractivity contribution in [2.75, 3.05) is 12.8 Å². The van der Waals surface area contributed by atoms with Gasteiger partial charge in [0, 0.05) is 12.1 Å². The molecular formula is C12H13ClN4OS. The summed E-state index contributed by atoms with van der Waals surface area (Å²) in [6, 6.07) is 7.30. The second-order valence-corrected chi connectivity index (χ2v) is 5.53. The van der Waals surface area contributed by atoms with Gasteiger partial charge in [-0.1, -0.05) is 35.1 Å². The summed E-state index contributed by atoms with van der Waals surface area (Å²) in [5.41, 5.74) is 6.48. The molecule has 0 aliphatic rings. The average molecular weight is 297 g/mol. The van der Waals surface area contributed by atoms with Crippen LogP contribution in [0.25, 0.3) is 0 Å². The Morgan fingerprint density at radius 1 is 1.37 bits per heavy atom. The monoisotopic (exact) mass is 296 g/mol. The highest BCUT2D eigenvalue weighted by Gasteiger charge is 2.22. The third-order valence-electron chi connectivity index (χ3n) is 2.88. The van der Waals surface area contributed by atoms with E-state index in [9.17, 15) is 4.79 Å². The Morgan fingerprint density at radius 2 is 2.00 bits per heavy atom. The fraction of sp³-hybridized carbons (Fsp3) is 0.250. The summed E-state index contributed by atoms with van der Waals surface area (Å²) >= 11 is 6.93. The van der Waals surface area contributed by atoms with E-state index in [0.29, 0.717) is 10.0 Å². The Morgan fingerprint density at radius 3 is 2.53 bits per heavy atom. The molecule has 1 heterocycles. The van der Waals surface area contributed by atoms with Crippen LogP contribution in [0, 0.1) is 0 Å². The number of anilines is 1. The van der Waals surface area contributed by atoms with Crippen molar-refractivity contribution >= 4 is 34.0 Å². The second-order valence-electron chi connectivity index (χ2n) is 4.09. The van der Waals surface area contributed by atoms with Crippen molar-refractivity contribution in [2.45, 2.75) is 13.0 Å². The Hall–Kier alpha value is -1.66. The van der Waals surface area contributed by atoms with Crippen molar-refractivity contribution in [1.82, 2.24) is 15.1 Å². The molecule has 0 radical (unpaired) electrons. The molecule has 1 amide bonds. The highest BCUT2D eigenvalue weighted by atomic mass is 35.5. The number of nitrogens with zero attached hydrogens (tertiary/aromatic N) is 3. The molecule has 0 fully saturated rings. The topological polar surface area (TPSA) is 72.1 Å². The number of amides is 1. The average Bonchev–Trinajstić information content (AvgIpc) is 2.84. The van der Waals surface area contributed by atoms with Crippen LogP contribution in [0.2, 0.25) is 5.02 Å². The van der Waals surface area contributed by atoms with Crippen LogP contribution in [-0.2, 0) is 0 Å². The van der Waals surface area contributed by atoms with Crippen molar-refractivity contribution in [3.8, 4) is 0 Å². The fourth-order valence-corrected chi connectivity index (χ4v) is 2.33. The Kier molecular flexibility index (Phi) is 4.01. The van der Waals surface area contributed by atoms with Crippen LogP contribution in [0.4, 0.5) is 5.13 Å². The van der Waals surface area contributed by atoms with E-state index in [1.54, 1.807) is 24.1 Å². The summed E-state index contributed by atoms with van der Waals surface area (Å²) in [5.74, 6) is -0.198. The number of hydrogen-bond acceptors (Lipinski definition) is 5. The Balaban J connectivity index is 2.16. The zero-order chi connectivity index (χ0) is 14.0. The van der Waals surface area contributed by atoms with Gasteiger partial charge in [0.15, 0.2) is 0 Å². The number of nitrogens with two attached hydrogens (primary N) is 1. The first-order valence-corrected chi connectivity index (χ1v) is 6.80. The van der Waals surface area contributed by atoms with E-state index in [1.807, 2.05) is 19.1 Å². The SMILES string of the molecule is CC(c1ccc(Cl)cc1)N(C)C(=O)c1nnc(N)s1. The first kappa shape index (κ1) is 13.8. The molecule has 1 aromatic heterocycles.